The third kappa shape index (κ3) is 6.96. The van der Waals surface area contributed by atoms with Gasteiger partial charge in [0.15, 0.2) is 11.5 Å². The van der Waals surface area contributed by atoms with Gasteiger partial charge in [0.25, 0.3) is 0 Å². The predicted molar refractivity (Wildman–Crippen MR) is 155 cm³/mol. The number of aliphatic carboxylic acids is 1. The molecule has 1 atom stereocenters. The number of carbonyl (C=O) groups is 1. The molecule has 206 valence electrons. The fourth-order valence-corrected chi connectivity index (χ4v) is 4.52. The molecule has 0 saturated carbocycles. The van der Waals surface area contributed by atoms with Crippen LogP contribution in [0, 0.1) is 0 Å². The van der Waals surface area contributed by atoms with Gasteiger partial charge in [-0.25, -0.2) is 9.97 Å². The van der Waals surface area contributed by atoms with E-state index in [0.29, 0.717) is 30.7 Å². The van der Waals surface area contributed by atoms with Crippen LogP contribution in [0.2, 0.25) is 0 Å². The summed E-state index contributed by atoms with van der Waals surface area (Å²) in [6, 6.07) is 22.8. The lowest BCUT2D eigenvalue weighted by Crippen LogP contribution is -2.42. The van der Waals surface area contributed by atoms with Gasteiger partial charge in [0.1, 0.15) is 24.3 Å². The Morgan fingerprint density at radius 3 is 2.60 bits per heavy atom. The topological polar surface area (TPSA) is 122 Å². The highest BCUT2D eigenvalue weighted by atomic mass is 16.5. The molecule has 1 fully saturated rings. The molecule has 4 aromatic rings. The normalized spacial score (nSPS) is 14.8. The molecule has 40 heavy (non-hydrogen) atoms. The molecule has 3 N–H and O–H groups in total. The van der Waals surface area contributed by atoms with Crippen molar-refractivity contribution in [2.24, 2.45) is 0 Å². The number of rotatable bonds is 11. The van der Waals surface area contributed by atoms with Gasteiger partial charge in [0.05, 0.1) is 18.8 Å². The smallest absolute Gasteiger partial charge is 0.322 e. The number of hydrogen-bond acceptors (Lipinski definition) is 9. The monoisotopic (exact) mass is 540 g/mol. The molecule has 0 spiro atoms. The minimum Gasteiger partial charge on any atom is -0.490 e. The molecular weight excluding hydrogens is 508 g/mol. The molecule has 10 heteroatoms. The third-order valence-electron chi connectivity index (χ3n) is 6.38. The number of benzene rings is 2. The molecule has 2 aromatic heterocycles. The van der Waals surface area contributed by atoms with Crippen molar-refractivity contribution in [1.29, 1.82) is 0 Å². The van der Waals surface area contributed by atoms with Crippen molar-refractivity contribution in [3.63, 3.8) is 0 Å². The lowest BCUT2D eigenvalue weighted by atomic mass is 10.1. The number of aromatic nitrogens is 3. The zero-order chi connectivity index (χ0) is 27.7. The molecule has 2 aromatic carbocycles. The summed E-state index contributed by atoms with van der Waals surface area (Å²) in [4.78, 5) is 26.9. The Kier molecular flexibility index (Phi) is 8.55. The highest BCUT2D eigenvalue weighted by Gasteiger charge is 2.24. The minimum absolute atomic E-state index is 0.000337. The van der Waals surface area contributed by atoms with Crippen LogP contribution in [0.25, 0.3) is 11.3 Å². The van der Waals surface area contributed by atoms with E-state index in [4.69, 9.17) is 24.5 Å². The number of carboxylic acids is 1. The van der Waals surface area contributed by atoms with E-state index in [1.807, 2.05) is 79.7 Å². The summed E-state index contributed by atoms with van der Waals surface area (Å²) in [6.45, 7) is 3.94. The van der Waals surface area contributed by atoms with Crippen LogP contribution in [0.1, 0.15) is 19.8 Å². The summed E-state index contributed by atoms with van der Waals surface area (Å²) >= 11 is 0. The van der Waals surface area contributed by atoms with E-state index in [9.17, 15) is 4.79 Å². The van der Waals surface area contributed by atoms with Gasteiger partial charge in [-0.05, 0) is 62.2 Å². The molecule has 1 saturated heterocycles. The van der Waals surface area contributed by atoms with Crippen molar-refractivity contribution in [3.8, 4) is 22.8 Å². The number of pyridine rings is 1. The van der Waals surface area contributed by atoms with Crippen LogP contribution in [-0.4, -0.2) is 58.4 Å². The number of nitrogens with one attached hydrogen (secondary N) is 2. The fourth-order valence-electron chi connectivity index (χ4n) is 4.52. The van der Waals surface area contributed by atoms with Crippen LogP contribution in [0.5, 0.6) is 11.5 Å². The van der Waals surface area contributed by atoms with Crippen LogP contribution in [0.15, 0.2) is 79.0 Å². The maximum Gasteiger partial charge on any atom is 0.322 e. The van der Waals surface area contributed by atoms with E-state index in [1.165, 1.54) is 0 Å². The molecule has 5 rings (SSSR count). The summed E-state index contributed by atoms with van der Waals surface area (Å²) in [6.07, 6.45) is 3.66. The maximum absolute atomic E-state index is 10.8. The zero-order valence-corrected chi connectivity index (χ0v) is 22.3. The predicted octanol–water partition coefficient (Wildman–Crippen LogP) is 5.23. The molecule has 0 bridgehead atoms. The average molecular weight is 541 g/mol. The number of anilines is 4. The van der Waals surface area contributed by atoms with E-state index in [1.54, 1.807) is 6.20 Å². The van der Waals surface area contributed by atoms with E-state index < -0.39 is 5.97 Å². The van der Waals surface area contributed by atoms with E-state index in [0.717, 1.165) is 47.8 Å². The van der Waals surface area contributed by atoms with Gasteiger partial charge in [-0.15, -0.1) is 0 Å². The molecule has 0 aliphatic carbocycles. The largest absolute Gasteiger partial charge is 0.490 e. The van der Waals surface area contributed by atoms with Gasteiger partial charge in [0, 0.05) is 24.0 Å². The van der Waals surface area contributed by atoms with E-state index in [-0.39, 0.29) is 12.6 Å². The van der Waals surface area contributed by atoms with Gasteiger partial charge in [-0.2, -0.15) is 4.98 Å². The lowest BCUT2D eigenvalue weighted by Gasteiger charge is -2.33. The Morgan fingerprint density at radius 1 is 1.00 bits per heavy atom. The summed E-state index contributed by atoms with van der Waals surface area (Å²) in [5.74, 6) is 2.54. The quantitative estimate of drug-likeness (QED) is 0.233. The van der Waals surface area contributed by atoms with E-state index in [2.05, 4.69) is 20.5 Å². The highest BCUT2D eigenvalue weighted by Crippen LogP contribution is 2.30. The number of piperidine rings is 1. The molecule has 1 aliphatic rings. The van der Waals surface area contributed by atoms with Crippen LogP contribution in [-0.2, 0) is 4.79 Å². The standard InChI is InChI=1S/C30H32N6O4/c1-2-39-25-9-3-4-10-26(25)40-23-7-6-18-36(20-23)30-31-17-16-28(35-30)34-27-11-5-8-24(33-27)21-12-14-22(15-13-21)32-19-29(37)38/h3-5,8-17,23,32H,2,6-7,18-20H2,1H3,(H,37,38)(H,31,33,34,35). The summed E-state index contributed by atoms with van der Waals surface area (Å²) in [5, 5.41) is 15.0. The highest BCUT2D eigenvalue weighted by molar-refractivity contribution is 5.73. The van der Waals surface area contributed by atoms with Gasteiger partial charge in [-0.3, -0.25) is 4.79 Å². The molecule has 1 aliphatic heterocycles. The third-order valence-corrected chi connectivity index (χ3v) is 6.38. The summed E-state index contributed by atoms with van der Waals surface area (Å²) in [5.41, 5.74) is 2.43. The average Bonchev–Trinajstić information content (AvgIpc) is 2.98. The summed E-state index contributed by atoms with van der Waals surface area (Å²) in [7, 11) is 0. The van der Waals surface area contributed by atoms with Crippen LogP contribution >= 0.6 is 0 Å². The first-order valence-corrected chi connectivity index (χ1v) is 13.3. The first kappa shape index (κ1) is 26.7. The zero-order valence-electron chi connectivity index (χ0n) is 22.3. The molecule has 0 radical (unpaired) electrons. The van der Waals surface area contributed by atoms with Crippen molar-refractivity contribution in [3.05, 3.63) is 79.0 Å². The minimum atomic E-state index is -0.908. The second kappa shape index (κ2) is 12.8. The van der Waals surface area contributed by atoms with Gasteiger partial charge in [0.2, 0.25) is 5.95 Å². The fraction of sp³-hybridized carbons (Fsp3) is 0.267. The second-order valence-electron chi connectivity index (χ2n) is 9.31. The molecule has 3 heterocycles. The van der Waals surface area contributed by atoms with E-state index >= 15 is 0 Å². The lowest BCUT2D eigenvalue weighted by molar-refractivity contribution is -0.134. The van der Waals surface area contributed by atoms with Crippen molar-refractivity contribution in [2.75, 3.05) is 41.8 Å². The Balaban J connectivity index is 1.24. The Bertz CT molecular complexity index is 1430. The number of nitrogens with zero attached hydrogens (tertiary/aromatic N) is 4. The van der Waals surface area contributed by atoms with Crippen molar-refractivity contribution < 1.29 is 19.4 Å². The number of ether oxygens (including phenoxy) is 2. The molecule has 10 nitrogen and oxygen atoms in total. The molecule has 1 unspecified atom stereocenters. The van der Waals surface area contributed by atoms with Gasteiger partial charge >= 0.3 is 5.97 Å². The molecule has 0 amide bonds. The van der Waals surface area contributed by atoms with Crippen molar-refractivity contribution in [1.82, 2.24) is 15.0 Å². The Labute approximate surface area is 233 Å². The molecular formula is C30H32N6O4. The van der Waals surface area contributed by atoms with Crippen molar-refractivity contribution >= 4 is 29.2 Å². The van der Waals surface area contributed by atoms with Crippen LogP contribution < -0.4 is 25.0 Å². The van der Waals surface area contributed by atoms with Gasteiger partial charge < -0.3 is 30.1 Å². The van der Waals surface area contributed by atoms with Crippen LogP contribution in [0.3, 0.4) is 0 Å². The van der Waals surface area contributed by atoms with Gasteiger partial charge in [-0.1, -0.05) is 30.3 Å². The summed E-state index contributed by atoms with van der Waals surface area (Å²) < 4.78 is 12.0. The number of carboxylic acid groups (broad SMARTS) is 1. The Morgan fingerprint density at radius 2 is 1.80 bits per heavy atom. The number of para-hydroxylation sites is 2. The number of hydrogen-bond donors (Lipinski definition) is 3. The maximum atomic E-state index is 10.8. The first-order chi connectivity index (χ1) is 19.6. The SMILES string of the molecule is CCOc1ccccc1OC1CCCN(c2nccc(Nc3cccc(-c4ccc(NCC(=O)O)cc4)n3)n2)C1. The van der Waals surface area contributed by atoms with Crippen LogP contribution in [0.4, 0.5) is 23.3 Å². The van der Waals surface area contributed by atoms with Crippen molar-refractivity contribution in [2.45, 2.75) is 25.9 Å². The second-order valence-corrected chi connectivity index (χ2v) is 9.31. The Hall–Kier alpha value is -4.86. The first-order valence-electron chi connectivity index (χ1n) is 13.3.